The first kappa shape index (κ1) is 14.2. The Balaban J connectivity index is 2.24. The molecule has 0 atom stereocenters. The van der Waals surface area contributed by atoms with E-state index in [4.69, 9.17) is 23.2 Å². The van der Waals surface area contributed by atoms with Crippen LogP contribution in [0.1, 0.15) is 19.0 Å². The second kappa shape index (κ2) is 7.49. The maximum Gasteiger partial charge on any atom is 0.127 e. The molecule has 0 fully saturated rings. The zero-order valence-electron chi connectivity index (χ0n) is 9.72. The molecule has 1 N–H and O–H groups in total. The summed E-state index contributed by atoms with van der Waals surface area (Å²) in [5, 5.41) is 4.63. The molecule has 1 aromatic rings. The lowest BCUT2D eigenvalue weighted by Gasteiger charge is -2.06. The molecule has 0 spiro atoms. The molecule has 0 aliphatic carbocycles. The Morgan fingerprint density at radius 3 is 2.75 bits per heavy atom. The number of thioether (sulfide) groups is 1. The highest BCUT2D eigenvalue weighted by atomic mass is 35.5. The van der Waals surface area contributed by atoms with Crippen LogP contribution >= 0.6 is 35.0 Å². The Kier molecular flexibility index (Phi) is 6.66. The van der Waals surface area contributed by atoms with Crippen molar-refractivity contribution in [2.75, 3.05) is 18.1 Å². The fourth-order valence-electron chi connectivity index (χ4n) is 1.42. The first-order valence-corrected chi connectivity index (χ1v) is 7.36. The Morgan fingerprint density at radius 1 is 1.44 bits per heavy atom. The fourth-order valence-corrected chi connectivity index (χ4v) is 2.47. The number of rotatable bonds is 7. The third kappa shape index (κ3) is 4.21. The van der Waals surface area contributed by atoms with Gasteiger partial charge >= 0.3 is 0 Å². The average molecular weight is 281 g/mol. The van der Waals surface area contributed by atoms with Crippen molar-refractivity contribution in [3.8, 4) is 0 Å². The second-order valence-electron chi connectivity index (χ2n) is 3.56. The van der Waals surface area contributed by atoms with E-state index in [2.05, 4.69) is 12.2 Å². The van der Waals surface area contributed by atoms with E-state index >= 15 is 0 Å². The summed E-state index contributed by atoms with van der Waals surface area (Å²) < 4.78 is 1.91. The standard InChI is InChI=1S/C11H18Cl2N2S/c1-3-16-6-4-5-14-8-9-7-10(12)11(13)15(9)2/h7,14H,3-6,8H2,1-2H3. The predicted octanol–water partition coefficient (Wildman–Crippen LogP) is 3.56. The smallest absolute Gasteiger partial charge is 0.127 e. The van der Waals surface area contributed by atoms with Gasteiger partial charge in [-0.2, -0.15) is 11.8 Å². The van der Waals surface area contributed by atoms with E-state index in [9.17, 15) is 0 Å². The zero-order valence-corrected chi connectivity index (χ0v) is 12.1. The predicted molar refractivity (Wildman–Crippen MR) is 74.8 cm³/mol. The molecular formula is C11H18Cl2N2S. The van der Waals surface area contributed by atoms with Crippen LogP contribution in [0.5, 0.6) is 0 Å². The summed E-state index contributed by atoms with van der Waals surface area (Å²) in [5.41, 5.74) is 1.12. The molecule has 0 saturated heterocycles. The van der Waals surface area contributed by atoms with Gasteiger partial charge in [-0.15, -0.1) is 0 Å². The fraction of sp³-hybridized carbons (Fsp3) is 0.636. The summed E-state index contributed by atoms with van der Waals surface area (Å²) in [5.74, 6) is 2.42. The maximum atomic E-state index is 5.98. The molecule has 1 rings (SSSR count). The van der Waals surface area contributed by atoms with E-state index in [0.29, 0.717) is 10.2 Å². The van der Waals surface area contributed by atoms with Crippen molar-refractivity contribution in [2.24, 2.45) is 7.05 Å². The lowest BCUT2D eigenvalue weighted by atomic mass is 10.4. The monoisotopic (exact) mass is 280 g/mol. The number of halogens is 2. The third-order valence-corrected chi connectivity index (χ3v) is 4.20. The lowest BCUT2D eigenvalue weighted by molar-refractivity contribution is 0.647. The molecule has 16 heavy (non-hydrogen) atoms. The van der Waals surface area contributed by atoms with Crippen LogP contribution in [0.4, 0.5) is 0 Å². The van der Waals surface area contributed by atoms with Gasteiger partial charge in [-0.3, -0.25) is 0 Å². The molecular weight excluding hydrogens is 263 g/mol. The topological polar surface area (TPSA) is 17.0 Å². The van der Waals surface area contributed by atoms with Crippen molar-refractivity contribution in [3.63, 3.8) is 0 Å². The molecule has 0 saturated carbocycles. The first-order chi connectivity index (χ1) is 7.66. The van der Waals surface area contributed by atoms with Gasteiger partial charge in [0.25, 0.3) is 0 Å². The Hall–Kier alpha value is 0.170. The Bertz CT molecular complexity index is 326. The number of hydrogen-bond acceptors (Lipinski definition) is 2. The molecule has 0 aromatic carbocycles. The minimum Gasteiger partial charge on any atom is -0.336 e. The molecule has 92 valence electrons. The van der Waals surface area contributed by atoms with Crippen LogP contribution in [0.15, 0.2) is 6.07 Å². The highest BCUT2D eigenvalue weighted by Crippen LogP contribution is 2.24. The van der Waals surface area contributed by atoms with Gasteiger partial charge in [0, 0.05) is 19.3 Å². The summed E-state index contributed by atoms with van der Waals surface area (Å²) in [7, 11) is 1.93. The van der Waals surface area contributed by atoms with Crippen LogP contribution in [0.25, 0.3) is 0 Å². The van der Waals surface area contributed by atoms with Crippen molar-refractivity contribution < 1.29 is 0 Å². The molecule has 5 heteroatoms. The highest BCUT2D eigenvalue weighted by Gasteiger charge is 2.07. The van der Waals surface area contributed by atoms with Gasteiger partial charge in [0.15, 0.2) is 0 Å². The normalized spacial score (nSPS) is 11.0. The lowest BCUT2D eigenvalue weighted by Crippen LogP contribution is -2.17. The van der Waals surface area contributed by atoms with Crippen molar-refractivity contribution in [1.29, 1.82) is 0 Å². The Labute approximate surface area is 112 Å². The van der Waals surface area contributed by atoms with E-state index in [0.717, 1.165) is 18.8 Å². The van der Waals surface area contributed by atoms with Crippen molar-refractivity contribution in [3.05, 3.63) is 21.9 Å². The molecule has 1 aromatic heterocycles. The van der Waals surface area contributed by atoms with E-state index in [-0.39, 0.29) is 0 Å². The maximum absolute atomic E-state index is 5.98. The quantitative estimate of drug-likeness (QED) is 0.770. The first-order valence-electron chi connectivity index (χ1n) is 5.44. The minimum absolute atomic E-state index is 0.611. The van der Waals surface area contributed by atoms with Gasteiger partial charge in [0.05, 0.1) is 5.02 Å². The van der Waals surface area contributed by atoms with Crippen molar-refractivity contribution in [2.45, 2.75) is 19.9 Å². The summed E-state index contributed by atoms with van der Waals surface area (Å²) >= 11 is 13.9. The average Bonchev–Trinajstić information content (AvgIpc) is 2.51. The summed E-state index contributed by atoms with van der Waals surface area (Å²) in [6, 6.07) is 1.91. The molecule has 0 bridgehead atoms. The number of aromatic nitrogens is 1. The molecule has 0 aliphatic rings. The van der Waals surface area contributed by atoms with Gasteiger partial charge in [0.1, 0.15) is 5.15 Å². The van der Waals surface area contributed by atoms with Gasteiger partial charge < -0.3 is 9.88 Å². The number of hydrogen-bond donors (Lipinski definition) is 1. The number of nitrogens with one attached hydrogen (secondary N) is 1. The van der Waals surface area contributed by atoms with Crippen LogP contribution in [-0.2, 0) is 13.6 Å². The molecule has 0 radical (unpaired) electrons. The SMILES string of the molecule is CCSCCCNCc1cc(Cl)c(Cl)n1C. The van der Waals surface area contributed by atoms with Gasteiger partial charge in [-0.1, -0.05) is 30.1 Å². The summed E-state index contributed by atoms with van der Waals surface area (Å²) in [4.78, 5) is 0. The highest BCUT2D eigenvalue weighted by molar-refractivity contribution is 7.99. The third-order valence-electron chi connectivity index (χ3n) is 2.37. The van der Waals surface area contributed by atoms with Gasteiger partial charge in [0.2, 0.25) is 0 Å². The van der Waals surface area contributed by atoms with Crippen molar-refractivity contribution in [1.82, 2.24) is 9.88 Å². The van der Waals surface area contributed by atoms with Crippen molar-refractivity contribution >= 4 is 35.0 Å². The van der Waals surface area contributed by atoms with Crippen LogP contribution in [0, 0.1) is 0 Å². The Morgan fingerprint density at radius 2 is 2.19 bits per heavy atom. The van der Waals surface area contributed by atoms with Gasteiger partial charge in [-0.05, 0) is 30.5 Å². The summed E-state index contributed by atoms with van der Waals surface area (Å²) in [6.45, 7) is 4.04. The summed E-state index contributed by atoms with van der Waals surface area (Å²) in [6.07, 6.45) is 1.20. The minimum atomic E-state index is 0.611. The van der Waals surface area contributed by atoms with Crippen LogP contribution in [0.3, 0.4) is 0 Å². The molecule has 0 amide bonds. The van der Waals surface area contributed by atoms with E-state index < -0.39 is 0 Å². The molecule has 2 nitrogen and oxygen atoms in total. The van der Waals surface area contributed by atoms with E-state index in [1.165, 1.54) is 17.9 Å². The van der Waals surface area contributed by atoms with Gasteiger partial charge in [-0.25, -0.2) is 0 Å². The van der Waals surface area contributed by atoms with Crippen LogP contribution in [0.2, 0.25) is 10.2 Å². The van der Waals surface area contributed by atoms with E-state index in [1.54, 1.807) is 0 Å². The molecule has 1 heterocycles. The van der Waals surface area contributed by atoms with Crippen LogP contribution in [-0.4, -0.2) is 22.6 Å². The van der Waals surface area contributed by atoms with E-state index in [1.807, 2.05) is 29.4 Å². The largest absolute Gasteiger partial charge is 0.336 e. The molecule has 0 aliphatic heterocycles. The number of nitrogens with zero attached hydrogens (tertiary/aromatic N) is 1. The van der Waals surface area contributed by atoms with Crippen LogP contribution < -0.4 is 5.32 Å². The zero-order chi connectivity index (χ0) is 12.0. The second-order valence-corrected chi connectivity index (χ2v) is 5.72. The molecule has 0 unspecified atom stereocenters.